The first kappa shape index (κ1) is 10.9. The highest BCUT2D eigenvalue weighted by atomic mass is 35.5. The second kappa shape index (κ2) is 4.88. The molecule has 0 saturated carbocycles. The van der Waals surface area contributed by atoms with Gasteiger partial charge in [-0.2, -0.15) is 5.26 Å². The summed E-state index contributed by atoms with van der Waals surface area (Å²) in [6, 6.07) is 10.0. The molecule has 0 aliphatic heterocycles. The number of nitriles is 1. The maximum atomic E-state index is 8.58. The molecule has 0 heterocycles. The van der Waals surface area contributed by atoms with Crippen molar-refractivity contribution in [1.29, 1.82) is 5.26 Å². The summed E-state index contributed by atoms with van der Waals surface area (Å²) in [5, 5.41) is 9.31. The number of anilines is 1. The van der Waals surface area contributed by atoms with E-state index in [1.54, 1.807) is 0 Å². The van der Waals surface area contributed by atoms with Crippen LogP contribution in [0.25, 0.3) is 0 Å². The Morgan fingerprint density at radius 3 is 2.50 bits per heavy atom. The Hall–Kier alpha value is -1.20. The van der Waals surface area contributed by atoms with Crippen molar-refractivity contribution in [3.8, 4) is 6.07 Å². The summed E-state index contributed by atoms with van der Waals surface area (Å²) < 4.78 is 0. The summed E-state index contributed by atoms with van der Waals surface area (Å²) in [5.74, 6) is 0. The minimum atomic E-state index is 0.223. The van der Waals surface area contributed by atoms with Gasteiger partial charge >= 0.3 is 0 Å². The number of hydrogen-bond acceptors (Lipinski definition) is 2. The number of hydrogen-bond donors (Lipinski definition) is 0. The third-order valence-electron chi connectivity index (χ3n) is 2.28. The van der Waals surface area contributed by atoms with E-state index in [4.69, 9.17) is 16.9 Å². The molecule has 0 bridgehead atoms. The highest BCUT2D eigenvalue weighted by molar-refractivity contribution is 6.30. The van der Waals surface area contributed by atoms with E-state index < -0.39 is 0 Å². The Kier molecular flexibility index (Phi) is 3.79. The van der Waals surface area contributed by atoms with Gasteiger partial charge < -0.3 is 4.90 Å². The Morgan fingerprint density at radius 1 is 1.43 bits per heavy atom. The van der Waals surface area contributed by atoms with Crippen LogP contribution in [-0.4, -0.2) is 13.1 Å². The lowest BCUT2D eigenvalue weighted by molar-refractivity contribution is 0.703. The summed E-state index contributed by atoms with van der Waals surface area (Å²) in [5.41, 5.74) is 1.08. The molecule has 0 amide bonds. The van der Waals surface area contributed by atoms with Crippen LogP contribution in [0.4, 0.5) is 5.69 Å². The smallest absolute Gasteiger partial charge is 0.0643 e. The SMILES string of the molecule is CC(CC#N)N(C)c1ccc(Cl)cc1. The van der Waals surface area contributed by atoms with E-state index >= 15 is 0 Å². The van der Waals surface area contributed by atoms with Crippen LogP contribution in [0.3, 0.4) is 0 Å². The molecule has 1 aromatic rings. The lowest BCUT2D eigenvalue weighted by Gasteiger charge is -2.25. The molecule has 14 heavy (non-hydrogen) atoms. The van der Waals surface area contributed by atoms with E-state index in [0.717, 1.165) is 10.7 Å². The second-order valence-corrected chi connectivity index (χ2v) is 3.74. The zero-order valence-corrected chi connectivity index (χ0v) is 9.12. The van der Waals surface area contributed by atoms with E-state index in [9.17, 15) is 0 Å². The summed E-state index contributed by atoms with van der Waals surface area (Å²) in [7, 11) is 1.98. The van der Waals surface area contributed by atoms with Crippen molar-refractivity contribution in [3.05, 3.63) is 29.3 Å². The molecule has 0 spiro atoms. The van der Waals surface area contributed by atoms with Gasteiger partial charge in [0.15, 0.2) is 0 Å². The molecule has 0 aliphatic carbocycles. The fourth-order valence-corrected chi connectivity index (χ4v) is 1.33. The third kappa shape index (κ3) is 2.65. The van der Waals surface area contributed by atoms with Crippen molar-refractivity contribution < 1.29 is 0 Å². The number of halogens is 1. The molecule has 0 aromatic heterocycles. The highest BCUT2D eigenvalue weighted by Crippen LogP contribution is 2.19. The monoisotopic (exact) mass is 208 g/mol. The Balaban J connectivity index is 2.74. The molecule has 0 radical (unpaired) electrons. The van der Waals surface area contributed by atoms with Crippen LogP contribution < -0.4 is 4.90 Å². The zero-order chi connectivity index (χ0) is 10.6. The predicted molar refractivity (Wildman–Crippen MR) is 59.5 cm³/mol. The van der Waals surface area contributed by atoms with Crippen LogP contribution >= 0.6 is 11.6 Å². The van der Waals surface area contributed by atoms with Crippen molar-refractivity contribution in [1.82, 2.24) is 0 Å². The fraction of sp³-hybridized carbons (Fsp3) is 0.364. The van der Waals surface area contributed by atoms with Crippen molar-refractivity contribution in [2.75, 3.05) is 11.9 Å². The van der Waals surface area contributed by atoms with Gasteiger partial charge in [0, 0.05) is 23.8 Å². The number of nitrogens with zero attached hydrogens (tertiary/aromatic N) is 2. The van der Waals surface area contributed by atoms with E-state index in [0.29, 0.717) is 6.42 Å². The Morgan fingerprint density at radius 2 is 2.00 bits per heavy atom. The molecule has 2 nitrogen and oxygen atoms in total. The maximum absolute atomic E-state index is 8.58. The van der Waals surface area contributed by atoms with Gasteiger partial charge in [0.25, 0.3) is 0 Å². The lowest BCUT2D eigenvalue weighted by atomic mass is 10.2. The van der Waals surface area contributed by atoms with Gasteiger partial charge in [-0.05, 0) is 31.2 Å². The van der Waals surface area contributed by atoms with Gasteiger partial charge in [0.2, 0.25) is 0 Å². The van der Waals surface area contributed by atoms with Gasteiger partial charge in [-0.1, -0.05) is 11.6 Å². The highest BCUT2D eigenvalue weighted by Gasteiger charge is 2.08. The van der Waals surface area contributed by atoms with Crippen LogP contribution in [-0.2, 0) is 0 Å². The molecule has 3 heteroatoms. The lowest BCUT2D eigenvalue weighted by Crippen LogP contribution is -2.28. The molecule has 74 valence electrons. The largest absolute Gasteiger partial charge is 0.371 e. The predicted octanol–water partition coefficient (Wildman–Crippen LogP) is 3.08. The Labute approximate surface area is 89.7 Å². The normalized spacial score (nSPS) is 11.9. The van der Waals surface area contributed by atoms with Crippen molar-refractivity contribution in [3.63, 3.8) is 0 Å². The van der Waals surface area contributed by atoms with Gasteiger partial charge in [-0.25, -0.2) is 0 Å². The zero-order valence-electron chi connectivity index (χ0n) is 8.37. The van der Waals surface area contributed by atoms with Crippen LogP contribution in [0, 0.1) is 11.3 Å². The summed E-state index contributed by atoms with van der Waals surface area (Å²) >= 11 is 5.79. The summed E-state index contributed by atoms with van der Waals surface area (Å²) in [6.07, 6.45) is 0.527. The summed E-state index contributed by atoms with van der Waals surface area (Å²) in [6.45, 7) is 2.03. The van der Waals surface area contributed by atoms with Crippen molar-refractivity contribution in [2.45, 2.75) is 19.4 Å². The van der Waals surface area contributed by atoms with Crippen molar-refractivity contribution in [2.24, 2.45) is 0 Å². The molecule has 0 N–H and O–H groups in total. The van der Waals surface area contributed by atoms with Crippen LogP contribution in [0.2, 0.25) is 5.02 Å². The van der Waals surface area contributed by atoms with Gasteiger partial charge in [-0.15, -0.1) is 0 Å². The first-order valence-electron chi connectivity index (χ1n) is 4.50. The van der Waals surface area contributed by atoms with Crippen molar-refractivity contribution >= 4 is 17.3 Å². The fourth-order valence-electron chi connectivity index (χ4n) is 1.20. The standard InChI is InChI=1S/C11H13ClN2/c1-9(7-8-13)14(2)11-5-3-10(12)4-6-11/h3-6,9H,7H2,1-2H3. The third-order valence-corrected chi connectivity index (χ3v) is 2.53. The van der Waals surface area contributed by atoms with E-state index in [1.165, 1.54) is 0 Å². The molecular weight excluding hydrogens is 196 g/mol. The topological polar surface area (TPSA) is 27.0 Å². The average molecular weight is 209 g/mol. The van der Waals surface area contributed by atoms with E-state index in [1.807, 2.05) is 38.2 Å². The van der Waals surface area contributed by atoms with Gasteiger partial charge in [-0.3, -0.25) is 0 Å². The number of benzene rings is 1. The van der Waals surface area contributed by atoms with Gasteiger partial charge in [0.1, 0.15) is 0 Å². The maximum Gasteiger partial charge on any atom is 0.0643 e. The van der Waals surface area contributed by atoms with E-state index in [2.05, 4.69) is 11.0 Å². The van der Waals surface area contributed by atoms with Crippen LogP contribution in [0.15, 0.2) is 24.3 Å². The van der Waals surface area contributed by atoms with E-state index in [-0.39, 0.29) is 6.04 Å². The minimum Gasteiger partial charge on any atom is -0.371 e. The Bertz CT molecular complexity index is 326. The second-order valence-electron chi connectivity index (χ2n) is 3.30. The molecule has 1 atom stereocenters. The molecule has 1 aromatic carbocycles. The molecule has 1 unspecified atom stereocenters. The number of rotatable bonds is 3. The van der Waals surface area contributed by atoms with Gasteiger partial charge in [0.05, 0.1) is 12.5 Å². The summed E-state index contributed by atoms with van der Waals surface area (Å²) in [4.78, 5) is 2.07. The first-order chi connectivity index (χ1) is 6.65. The minimum absolute atomic E-state index is 0.223. The molecule has 0 aliphatic rings. The van der Waals surface area contributed by atoms with Crippen LogP contribution in [0.1, 0.15) is 13.3 Å². The quantitative estimate of drug-likeness (QED) is 0.764. The molecular formula is C11H13ClN2. The molecule has 0 fully saturated rings. The molecule has 0 saturated heterocycles. The first-order valence-corrected chi connectivity index (χ1v) is 4.88. The van der Waals surface area contributed by atoms with Crippen LogP contribution in [0.5, 0.6) is 0 Å². The average Bonchev–Trinajstić information content (AvgIpc) is 2.18. The molecule has 1 rings (SSSR count).